The lowest BCUT2D eigenvalue weighted by Crippen LogP contribution is -2.21. The summed E-state index contributed by atoms with van der Waals surface area (Å²) in [5, 5.41) is 0. The fourth-order valence-electron chi connectivity index (χ4n) is 1.73. The molecule has 0 spiro atoms. The number of aryl methyl sites for hydroxylation is 1. The van der Waals surface area contributed by atoms with Gasteiger partial charge in [-0.05, 0) is 23.8 Å². The summed E-state index contributed by atoms with van der Waals surface area (Å²) in [5.41, 5.74) is 0.684. The molecule has 2 aromatic rings. The van der Waals surface area contributed by atoms with Crippen molar-refractivity contribution in [3.8, 4) is 5.75 Å². The Kier molecular flexibility index (Phi) is 4.50. The first kappa shape index (κ1) is 13.8. The van der Waals surface area contributed by atoms with Crippen molar-refractivity contribution in [1.82, 2.24) is 4.57 Å². The van der Waals surface area contributed by atoms with Crippen LogP contribution in [0.15, 0.2) is 60.0 Å². The first-order chi connectivity index (χ1) is 9.69. The number of carbonyl (C=O) groups excluding carboxylic acids is 1. The number of ether oxygens (including phenoxy) is 1. The third-order valence-corrected chi connectivity index (χ3v) is 2.77. The molecular weight excluding hydrogens is 254 g/mol. The van der Waals surface area contributed by atoms with Crippen LogP contribution in [0.25, 0.3) is 6.08 Å². The molecule has 102 valence electrons. The Morgan fingerprint density at radius 1 is 1.20 bits per heavy atom. The van der Waals surface area contributed by atoms with Crippen molar-refractivity contribution in [3.63, 3.8) is 0 Å². The maximum Gasteiger partial charge on any atom is 0.312 e. The zero-order chi connectivity index (χ0) is 14.4. The summed E-state index contributed by atoms with van der Waals surface area (Å²) < 4.78 is 6.63. The first-order valence-corrected chi connectivity index (χ1v) is 6.28. The van der Waals surface area contributed by atoms with Crippen LogP contribution in [0, 0.1) is 0 Å². The molecule has 0 fully saturated rings. The quantitative estimate of drug-likeness (QED) is 0.619. The Morgan fingerprint density at radius 2 is 1.95 bits per heavy atom. The molecule has 4 nitrogen and oxygen atoms in total. The molecule has 0 radical (unpaired) electrons. The number of esters is 1. The zero-order valence-corrected chi connectivity index (χ0v) is 11.0. The molecule has 0 saturated heterocycles. The smallest absolute Gasteiger partial charge is 0.312 e. The Bertz CT molecular complexity index is 659. The number of carbonyl (C=O) groups is 1. The zero-order valence-electron chi connectivity index (χ0n) is 11.0. The molecule has 1 aromatic heterocycles. The predicted molar refractivity (Wildman–Crippen MR) is 77.5 cm³/mol. The molecule has 2 rings (SSSR count). The van der Waals surface area contributed by atoms with Crippen LogP contribution in [-0.4, -0.2) is 10.5 Å². The SMILES string of the molecule is C=Cc1ccc(=O)n(CCC(=O)Oc2ccccc2)c1. The Balaban J connectivity index is 1.97. The van der Waals surface area contributed by atoms with Crippen LogP contribution in [0.3, 0.4) is 0 Å². The van der Waals surface area contributed by atoms with Gasteiger partial charge in [-0.2, -0.15) is 0 Å². The Hall–Kier alpha value is -2.62. The molecule has 0 atom stereocenters. The summed E-state index contributed by atoms with van der Waals surface area (Å²) in [7, 11) is 0. The number of rotatable bonds is 5. The van der Waals surface area contributed by atoms with Crippen molar-refractivity contribution in [1.29, 1.82) is 0 Å². The summed E-state index contributed by atoms with van der Waals surface area (Å²) >= 11 is 0. The van der Waals surface area contributed by atoms with Gasteiger partial charge >= 0.3 is 5.97 Å². The van der Waals surface area contributed by atoms with Gasteiger partial charge in [-0.15, -0.1) is 0 Å². The van der Waals surface area contributed by atoms with Crippen LogP contribution in [0.4, 0.5) is 0 Å². The van der Waals surface area contributed by atoms with Crippen molar-refractivity contribution in [3.05, 3.63) is 71.2 Å². The van der Waals surface area contributed by atoms with E-state index in [2.05, 4.69) is 6.58 Å². The lowest BCUT2D eigenvalue weighted by molar-refractivity contribution is -0.134. The van der Waals surface area contributed by atoms with Crippen molar-refractivity contribution in [2.24, 2.45) is 0 Å². The van der Waals surface area contributed by atoms with Crippen molar-refractivity contribution in [2.45, 2.75) is 13.0 Å². The van der Waals surface area contributed by atoms with Crippen LogP contribution >= 0.6 is 0 Å². The van der Waals surface area contributed by atoms with Crippen LogP contribution in [-0.2, 0) is 11.3 Å². The summed E-state index contributed by atoms with van der Waals surface area (Å²) in [6.07, 6.45) is 3.46. The molecule has 1 heterocycles. The second-order valence-electron chi connectivity index (χ2n) is 4.24. The third kappa shape index (κ3) is 3.68. The number of hydrogen-bond donors (Lipinski definition) is 0. The maximum absolute atomic E-state index is 11.7. The highest BCUT2D eigenvalue weighted by molar-refractivity contribution is 5.72. The number of aromatic nitrogens is 1. The van der Waals surface area contributed by atoms with Gasteiger partial charge in [0.2, 0.25) is 0 Å². The molecule has 0 amide bonds. The Morgan fingerprint density at radius 3 is 2.65 bits per heavy atom. The van der Waals surface area contributed by atoms with Gasteiger partial charge in [0, 0.05) is 18.8 Å². The lowest BCUT2D eigenvalue weighted by Gasteiger charge is -2.07. The molecule has 0 aliphatic carbocycles. The van der Waals surface area contributed by atoms with Crippen molar-refractivity contribution in [2.75, 3.05) is 0 Å². The van der Waals surface area contributed by atoms with Gasteiger partial charge in [-0.1, -0.05) is 30.9 Å². The molecule has 1 aromatic carbocycles. The molecule has 0 aliphatic heterocycles. The van der Waals surface area contributed by atoms with E-state index in [0.717, 1.165) is 5.56 Å². The molecule has 20 heavy (non-hydrogen) atoms. The second kappa shape index (κ2) is 6.52. The van der Waals surface area contributed by atoms with Crippen LogP contribution in [0.5, 0.6) is 5.75 Å². The van der Waals surface area contributed by atoms with E-state index >= 15 is 0 Å². The largest absolute Gasteiger partial charge is 0.426 e. The van der Waals surface area contributed by atoms with Crippen LogP contribution < -0.4 is 10.3 Å². The first-order valence-electron chi connectivity index (χ1n) is 6.28. The Labute approximate surface area is 116 Å². The number of pyridine rings is 1. The van der Waals surface area contributed by atoms with Gasteiger partial charge in [0.05, 0.1) is 6.42 Å². The van der Waals surface area contributed by atoms with Gasteiger partial charge < -0.3 is 9.30 Å². The van der Waals surface area contributed by atoms with E-state index in [1.807, 2.05) is 6.07 Å². The average molecular weight is 269 g/mol. The van der Waals surface area contributed by atoms with Crippen molar-refractivity contribution >= 4 is 12.0 Å². The second-order valence-corrected chi connectivity index (χ2v) is 4.24. The molecular formula is C16H15NO3. The van der Waals surface area contributed by atoms with Gasteiger partial charge in [0.15, 0.2) is 0 Å². The average Bonchev–Trinajstić information content (AvgIpc) is 2.47. The minimum Gasteiger partial charge on any atom is -0.426 e. The number of benzene rings is 1. The minimum atomic E-state index is -0.368. The van der Waals surface area contributed by atoms with E-state index in [1.54, 1.807) is 42.6 Å². The molecule has 0 aliphatic rings. The van der Waals surface area contributed by atoms with E-state index in [-0.39, 0.29) is 24.5 Å². The highest BCUT2D eigenvalue weighted by atomic mass is 16.5. The van der Waals surface area contributed by atoms with Gasteiger partial charge in [0.1, 0.15) is 5.75 Å². The van der Waals surface area contributed by atoms with Crippen LogP contribution in [0.2, 0.25) is 0 Å². The fourth-order valence-corrected chi connectivity index (χ4v) is 1.73. The van der Waals surface area contributed by atoms with E-state index < -0.39 is 0 Å². The normalized spacial score (nSPS) is 10.0. The van der Waals surface area contributed by atoms with Gasteiger partial charge in [0.25, 0.3) is 5.56 Å². The number of hydrogen-bond acceptors (Lipinski definition) is 3. The van der Waals surface area contributed by atoms with E-state index in [0.29, 0.717) is 5.75 Å². The van der Waals surface area contributed by atoms with Crippen LogP contribution in [0.1, 0.15) is 12.0 Å². The maximum atomic E-state index is 11.7. The molecule has 0 N–H and O–H groups in total. The monoisotopic (exact) mass is 269 g/mol. The lowest BCUT2D eigenvalue weighted by atomic mass is 10.3. The van der Waals surface area contributed by atoms with E-state index in [4.69, 9.17) is 4.74 Å². The molecule has 0 bridgehead atoms. The predicted octanol–water partition coefficient (Wildman–Crippen LogP) is 2.49. The van der Waals surface area contributed by atoms with Crippen molar-refractivity contribution < 1.29 is 9.53 Å². The third-order valence-electron chi connectivity index (χ3n) is 2.77. The van der Waals surface area contributed by atoms with Gasteiger partial charge in [-0.3, -0.25) is 9.59 Å². The highest BCUT2D eigenvalue weighted by Crippen LogP contribution is 2.09. The summed E-state index contributed by atoms with van der Waals surface area (Å²) in [6, 6.07) is 12.0. The van der Waals surface area contributed by atoms with E-state index in [1.165, 1.54) is 10.6 Å². The fraction of sp³-hybridized carbons (Fsp3) is 0.125. The highest BCUT2D eigenvalue weighted by Gasteiger charge is 2.06. The minimum absolute atomic E-state index is 0.134. The molecule has 4 heteroatoms. The summed E-state index contributed by atoms with van der Waals surface area (Å²) in [5.74, 6) is 0.136. The number of para-hydroxylation sites is 1. The van der Waals surface area contributed by atoms with E-state index in [9.17, 15) is 9.59 Å². The molecule has 0 unspecified atom stereocenters. The standard InChI is InChI=1S/C16H15NO3/c1-2-13-8-9-15(18)17(12-13)11-10-16(19)20-14-6-4-3-5-7-14/h2-9,12H,1,10-11H2. The van der Waals surface area contributed by atoms with Gasteiger partial charge in [-0.25, -0.2) is 0 Å². The summed E-state index contributed by atoms with van der Waals surface area (Å²) in [4.78, 5) is 23.3. The number of nitrogens with zero attached hydrogens (tertiary/aromatic N) is 1. The molecule has 0 saturated carbocycles. The summed E-state index contributed by atoms with van der Waals surface area (Å²) in [6.45, 7) is 3.93. The topological polar surface area (TPSA) is 48.3 Å².